The molecule has 3 aromatic rings. The van der Waals surface area contributed by atoms with Gasteiger partial charge >= 0.3 is 6.01 Å². The van der Waals surface area contributed by atoms with Crippen LogP contribution in [0.2, 0.25) is 10.0 Å². The molecule has 4 bridgehead atoms. The molecule has 4 atom stereocenters. The largest absolute Gasteiger partial charge is 0.508 e. The number of hydrogen-bond acceptors (Lipinski definition) is 9. The third-order valence-corrected chi connectivity index (χ3v) is 12.7. The van der Waals surface area contributed by atoms with Crippen molar-refractivity contribution in [3.8, 4) is 22.9 Å². The number of hydrogen-bond donors (Lipinski definition) is 3. The van der Waals surface area contributed by atoms with Crippen LogP contribution in [0.1, 0.15) is 56.4 Å². The van der Waals surface area contributed by atoms with E-state index in [1.807, 2.05) is 0 Å². The average molecular weight is 676 g/mol. The molecule has 2 aromatic carbocycles. The zero-order chi connectivity index (χ0) is 31.0. The van der Waals surface area contributed by atoms with E-state index in [0.717, 1.165) is 63.7 Å². The molecule has 8 rings (SSSR count). The third kappa shape index (κ3) is 5.62. The summed E-state index contributed by atoms with van der Waals surface area (Å²) in [6, 6.07) is 5.96. The molecule has 5 heterocycles. The van der Waals surface area contributed by atoms with Crippen molar-refractivity contribution in [3.05, 3.63) is 39.6 Å². The van der Waals surface area contributed by atoms with Crippen molar-refractivity contribution < 1.29 is 18.4 Å². The summed E-state index contributed by atoms with van der Waals surface area (Å²) in [6.07, 6.45) is 6.75. The summed E-state index contributed by atoms with van der Waals surface area (Å²) in [6.45, 7) is 2.62. The molecular formula is C32H37Cl2FN6O3S. The quantitative estimate of drug-likeness (QED) is 0.252. The standard InChI is InChI=1S/C32H37Cl2FN6O3S/c33-25-11-22(42)10-23(27(25)17-2-3-17)28-26(34)12-24-30(29(28)35)38-32(39-31(24)40-13-18-4-5-19(14-40)37-18)44-9-1-8-41-20-6-7-21(41)16-45(36,43)15-20/h10-12,17-21,36-37,42H,1-9,13-16H2. The van der Waals surface area contributed by atoms with Crippen LogP contribution in [0.25, 0.3) is 22.0 Å². The van der Waals surface area contributed by atoms with Gasteiger partial charge in [-0.3, -0.25) is 9.68 Å². The molecule has 1 saturated carbocycles. The first-order valence-electron chi connectivity index (χ1n) is 16.0. The van der Waals surface area contributed by atoms with Crippen LogP contribution in [0.3, 0.4) is 0 Å². The lowest BCUT2D eigenvalue weighted by atomic mass is 9.94. The van der Waals surface area contributed by atoms with Gasteiger partial charge in [0.1, 0.15) is 17.1 Å². The van der Waals surface area contributed by atoms with Crippen molar-refractivity contribution in [2.45, 2.75) is 75.0 Å². The maximum absolute atomic E-state index is 16.8. The van der Waals surface area contributed by atoms with E-state index in [-0.39, 0.29) is 45.9 Å². The predicted molar refractivity (Wildman–Crippen MR) is 175 cm³/mol. The van der Waals surface area contributed by atoms with Gasteiger partial charge in [0.2, 0.25) is 0 Å². The monoisotopic (exact) mass is 674 g/mol. The second kappa shape index (κ2) is 11.4. The second-order valence-electron chi connectivity index (χ2n) is 13.4. The fraction of sp³-hybridized carbons (Fsp3) is 0.562. The summed E-state index contributed by atoms with van der Waals surface area (Å²) in [7, 11) is -2.47. The zero-order valence-electron chi connectivity index (χ0n) is 24.9. The van der Waals surface area contributed by atoms with Crippen molar-refractivity contribution in [3.63, 3.8) is 0 Å². The summed E-state index contributed by atoms with van der Waals surface area (Å²) in [4.78, 5) is 14.0. The first kappa shape index (κ1) is 29.9. The number of benzene rings is 2. The molecule has 5 fully saturated rings. The Hall–Kier alpha value is -2.44. The number of phenols is 1. The molecule has 45 heavy (non-hydrogen) atoms. The summed E-state index contributed by atoms with van der Waals surface area (Å²) >= 11 is 13.5. The van der Waals surface area contributed by atoms with Crippen molar-refractivity contribution in [1.82, 2.24) is 20.2 Å². The van der Waals surface area contributed by atoms with Crippen molar-refractivity contribution in [2.75, 3.05) is 42.6 Å². The molecule has 1 aliphatic carbocycles. The Morgan fingerprint density at radius 2 is 1.73 bits per heavy atom. The van der Waals surface area contributed by atoms with E-state index in [4.69, 9.17) is 37.7 Å². The van der Waals surface area contributed by atoms with Crippen LogP contribution < -0.4 is 15.0 Å². The van der Waals surface area contributed by atoms with E-state index in [9.17, 15) is 9.32 Å². The number of halogens is 3. The fourth-order valence-electron chi connectivity index (χ4n) is 8.12. The van der Waals surface area contributed by atoms with Gasteiger partial charge in [0.15, 0.2) is 5.82 Å². The highest BCUT2D eigenvalue weighted by atomic mass is 35.5. The average Bonchev–Trinajstić information content (AvgIpc) is 3.71. The Bertz CT molecular complexity index is 1760. The lowest BCUT2D eigenvalue weighted by Crippen LogP contribution is -2.51. The number of fused-ring (bicyclic) bond motifs is 5. The molecule has 4 unspecified atom stereocenters. The van der Waals surface area contributed by atoms with Crippen LogP contribution in [0.15, 0.2) is 18.2 Å². The summed E-state index contributed by atoms with van der Waals surface area (Å²) in [5, 5.41) is 15.2. The van der Waals surface area contributed by atoms with Gasteiger partial charge < -0.3 is 20.1 Å². The number of piperazine rings is 1. The van der Waals surface area contributed by atoms with Crippen molar-refractivity contribution in [1.29, 1.82) is 4.78 Å². The molecule has 13 heteroatoms. The second-order valence-corrected chi connectivity index (χ2v) is 16.6. The van der Waals surface area contributed by atoms with Crippen molar-refractivity contribution in [2.24, 2.45) is 0 Å². The highest BCUT2D eigenvalue weighted by molar-refractivity contribution is 7.92. The van der Waals surface area contributed by atoms with E-state index in [2.05, 4.69) is 20.1 Å². The minimum Gasteiger partial charge on any atom is -0.508 e. The van der Waals surface area contributed by atoms with Gasteiger partial charge in [-0.1, -0.05) is 23.2 Å². The molecule has 4 saturated heterocycles. The minimum atomic E-state index is -2.47. The molecule has 0 radical (unpaired) electrons. The summed E-state index contributed by atoms with van der Waals surface area (Å²) in [5.41, 5.74) is 1.58. The highest BCUT2D eigenvalue weighted by Gasteiger charge is 2.41. The first-order valence-corrected chi connectivity index (χ1v) is 18.6. The lowest BCUT2D eigenvalue weighted by Gasteiger charge is -2.35. The van der Waals surface area contributed by atoms with Crippen LogP contribution in [0.4, 0.5) is 10.2 Å². The molecule has 0 spiro atoms. The Labute approximate surface area is 272 Å². The SMILES string of the molecule is N=S1(=O)CC2CCC(C1)N2CCCOc1nc(N2CC3CCC(C2)N3)c2cc(Cl)c(-c3cc(O)cc(Cl)c3C3CC3)c(F)c2n1. The molecule has 0 amide bonds. The van der Waals surface area contributed by atoms with Crippen LogP contribution in [0.5, 0.6) is 11.8 Å². The number of aromatic hydroxyl groups is 1. The Morgan fingerprint density at radius 1 is 1.02 bits per heavy atom. The van der Waals surface area contributed by atoms with E-state index in [1.54, 1.807) is 6.07 Å². The Morgan fingerprint density at radius 3 is 2.42 bits per heavy atom. The van der Waals surface area contributed by atoms with E-state index >= 15 is 4.39 Å². The molecule has 240 valence electrons. The molecule has 3 N–H and O–H groups in total. The van der Waals surface area contributed by atoms with Gasteiger partial charge in [0.05, 0.1) is 11.6 Å². The van der Waals surface area contributed by atoms with Gasteiger partial charge in [0.25, 0.3) is 0 Å². The number of ether oxygens (including phenoxy) is 1. The van der Waals surface area contributed by atoms with E-state index in [0.29, 0.717) is 58.4 Å². The first-order chi connectivity index (χ1) is 21.6. The van der Waals surface area contributed by atoms with Crippen LogP contribution in [0, 0.1) is 10.6 Å². The Kier molecular flexibility index (Phi) is 7.56. The number of phenolic OH excluding ortho intramolecular Hbond substituents is 1. The van der Waals surface area contributed by atoms with Crippen LogP contribution in [-0.4, -0.2) is 86.1 Å². The van der Waals surface area contributed by atoms with E-state index < -0.39 is 15.5 Å². The maximum Gasteiger partial charge on any atom is 0.319 e. The number of rotatable bonds is 8. The van der Waals surface area contributed by atoms with Gasteiger partial charge in [-0.05, 0) is 80.2 Å². The smallest absolute Gasteiger partial charge is 0.319 e. The highest BCUT2D eigenvalue weighted by Crippen LogP contribution is 2.51. The lowest BCUT2D eigenvalue weighted by molar-refractivity contribution is 0.185. The van der Waals surface area contributed by atoms with Crippen LogP contribution in [-0.2, 0) is 9.73 Å². The van der Waals surface area contributed by atoms with Gasteiger partial charge in [-0.2, -0.15) is 9.97 Å². The summed E-state index contributed by atoms with van der Waals surface area (Å²) < 4.78 is 43.4. The summed E-state index contributed by atoms with van der Waals surface area (Å²) in [5.74, 6) is 1.06. The minimum absolute atomic E-state index is 0.0501. The molecule has 1 aromatic heterocycles. The third-order valence-electron chi connectivity index (χ3n) is 10.2. The zero-order valence-corrected chi connectivity index (χ0v) is 27.2. The van der Waals surface area contributed by atoms with Crippen molar-refractivity contribution >= 4 is 49.7 Å². The predicted octanol–water partition coefficient (Wildman–Crippen LogP) is 5.93. The topological polar surface area (TPSA) is 115 Å². The molecule has 9 nitrogen and oxygen atoms in total. The van der Waals surface area contributed by atoms with Gasteiger partial charge in [-0.25, -0.2) is 8.60 Å². The molecule has 4 aliphatic heterocycles. The number of nitrogens with zero attached hydrogens (tertiary/aromatic N) is 4. The van der Waals surface area contributed by atoms with E-state index in [1.165, 1.54) is 12.1 Å². The Balaban J connectivity index is 1.13. The van der Waals surface area contributed by atoms with Gasteiger partial charge in [-0.15, -0.1) is 0 Å². The maximum atomic E-state index is 16.8. The normalized spacial score (nSPS) is 29.5. The van der Waals surface area contributed by atoms with Gasteiger partial charge in [0, 0.05) is 81.0 Å². The molecular weight excluding hydrogens is 638 g/mol. The number of nitrogens with one attached hydrogen (secondary N) is 2. The van der Waals surface area contributed by atoms with Crippen LogP contribution >= 0.6 is 23.2 Å². The fourth-order valence-corrected chi connectivity index (χ4v) is 10.9. The molecule has 5 aliphatic rings. The number of aromatic nitrogens is 2. The number of anilines is 1.